The molecule has 2 rings (SSSR count). The first-order chi connectivity index (χ1) is 10.8. The number of non-ortho nitro benzene ring substituents is 1. The summed E-state index contributed by atoms with van der Waals surface area (Å²) in [6.45, 7) is 5.51. The van der Waals surface area contributed by atoms with E-state index in [1.807, 2.05) is 13.8 Å². The van der Waals surface area contributed by atoms with Crippen LogP contribution in [-0.4, -0.2) is 22.3 Å². The van der Waals surface area contributed by atoms with Gasteiger partial charge in [-0.1, -0.05) is 13.8 Å². The summed E-state index contributed by atoms with van der Waals surface area (Å²) < 4.78 is 0. The van der Waals surface area contributed by atoms with Crippen LogP contribution < -0.4 is 0 Å². The van der Waals surface area contributed by atoms with Crippen molar-refractivity contribution in [1.29, 1.82) is 0 Å². The second-order valence-electron chi connectivity index (χ2n) is 5.55. The molecule has 0 N–H and O–H groups in total. The molecule has 118 valence electrons. The molecule has 0 unspecified atom stereocenters. The van der Waals surface area contributed by atoms with Crippen molar-refractivity contribution in [2.45, 2.75) is 20.8 Å². The van der Waals surface area contributed by atoms with Crippen LogP contribution in [0.1, 0.15) is 31.1 Å². The Morgan fingerprint density at radius 1 is 1.17 bits per heavy atom. The number of ketones is 1. The second-order valence-corrected chi connectivity index (χ2v) is 5.55. The maximum absolute atomic E-state index is 12.2. The van der Waals surface area contributed by atoms with Gasteiger partial charge < -0.3 is 0 Å². The molecule has 0 aliphatic heterocycles. The number of amides is 1. The predicted octanol–water partition coefficient (Wildman–Crippen LogP) is 3.29. The minimum absolute atomic E-state index is 0.0338. The maximum atomic E-state index is 12.2. The molecule has 1 amide bonds. The van der Waals surface area contributed by atoms with Crippen LogP contribution >= 0.6 is 0 Å². The lowest BCUT2D eigenvalue weighted by Gasteiger charge is -2.14. The lowest BCUT2D eigenvalue weighted by Crippen LogP contribution is -2.16. The number of hydrogen-bond donors (Lipinski definition) is 0. The summed E-state index contributed by atoms with van der Waals surface area (Å²) in [7, 11) is 0. The number of hydrogen-bond acceptors (Lipinski definition) is 4. The molecule has 0 saturated heterocycles. The van der Waals surface area contributed by atoms with E-state index < -0.39 is 10.8 Å². The van der Waals surface area contributed by atoms with E-state index in [1.165, 1.54) is 30.3 Å². The van der Waals surface area contributed by atoms with Crippen LogP contribution in [0.5, 0.6) is 0 Å². The predicted molar refractivity (Wildman–Crippen MR) is 86.5 cm³/mol. The van der Waals surface area contributed by atoms with Gasteiger partial charge in [0.05, 0.1) is 10.6 Å². The summed E-state index contributed by atoms with van der Waals surface area (Å²) in [5.74, 6) is -0.540. The van der Waals surface area contributed by atoms with E-state index in [4.69, 9.17) is 0 Å². The van der Waals surface area contributed by atoms with Gasteiger partial charge in [0.25, 0.3) is 11.6 Å². The third-order valence-corrected chi connectivity index (χ3v) is 3.50. The number of nitrogens with zero attached hydrogens (tertiary/aromatic N) is 2. The molecule has 6 heteroatoms. The van der Waals surface area contributed by atoms with Gasteiger partial charge in [-0.2, -0.15) is 0 Å². The van der Waals surface area contributed by atoms with Crippen molar-refractivity contribution < 1.29 is 14.5 Å². The molecular weight excluding hydrogens is 296 g/mol. The van der Waals surface area contributed by atoms with Crippen LogP contribution in [0.3, 0.4) is 0 Å². The van der Waals surface area contributed by atoms with Crippen LogP contribution in [0, 0.1) is 16.0 Å². The van der Waals surface area contributed by atoms with Gasteiger partial charge in [-0.25, -0.2) is 4.99 Å². The Hall–Kier alpha value is -2.89. The molecule has 23 heavy (non-hydrogen) atoms. The fourth-order valence-electron chi connectivity index (χ4n) is 2.16. The van der Waals surface area contributed by atoms with Crippen molar-refractivity contribution in [2.75, 3.05) is 0 Å². The Balaban J connectivity index is 2.32. The van der Waals surface area contributed by atoms with Gasteiger partial charge in [-0.05, 0) is 42.7 Å². The summed E-state index contributed by atoms with van der Waals surface area (Å²) in [6.07, 6.45) is 3.10. The zero-order valence-electron chi connectivity index (χ0n) is 13.1. The highest BCUT2D eigenvalue weighted by Crippen LogP contribution is 2.20. The number of aliphatic imine (C=N–C) groups is 1. The molecule has 1 aromatic carbocycles. The highest BCUT2D eigenvalue weighted by Gasteiger charge is 2.19. The SMILES string of the molecule is CC1=CC(=O)C(C(C)C)=CC1=NC(=O)c1ccc([N+](=O)[O-])cc1. The normalized spacial score (nSPS) is 16.3. The lowest BCUT2D eigenvalue weighted by atomic mass is 9.90. The largest absolute Gasteiger partial charge is 0.290 e. The van der Waals surface area contributed by atoms with E-state index >= 15 is 0 Å². The molecular formula is C17H16N2O4. The standard InChI is InChI=1S/C17H16N2O4/c1-10(2)14-9-15(11(3)8-16(14)20)18-17(21)12-4-6-13(7-5-12)19(22)23/h4-10H,1-3H3. The molecule has 0 atom stereocenters. The molecule has 1 aromatic rings. The summed E-state index contributed by atoms with van der Waals surface area (Å²) in [5.41, 5.74) is 1.83. The Morgan fingerprint density at radius 2 is 1.78 bits per heavy atom. The molecule has 0 fully saturated rings. The van der Waals surface area contributed by atoms with E-state index in [-0.39, 0.29) is 23.0 Å². The van der Waals surface area contributed by atoms with Crippen molar-refractivity contribution in [1.82, 2.24) is 0 Å². The number of rotatable bonds is 3. The molecule has 6 nitrogen and oxygen atoms in total. The minimum atomic E-state index is -0.530. The average Bonchev–Trinajstić information content (AvgIpc) is 2.49. The Labute approximate surface area is 133 Å². The summed E-state index contributed by atoms with van der Waals surface area (Å²) >= 11 is 0. The van der Waals surface area contributed by atoms with Gasteiger partial charge in [-0.15, -0.1) is 0 Å². The van der Waals surface area contributed by atoms with Gasteiger partial charge in [0.2, 0.25) is 0 Å². The highest BCUT2D eigenvalue weighted by molar-refractivity contribution is 6.24. The molecule has 0 spiro atoms. The number of nitro benzene ring substituents is 1. The first-order valence-corrected chi connectivity index (χ1v) is 7.11. The van der Waals surface area contributed by atoms with Gasteiger partial charge in [-0.3, -0.25) is 19.7 Å². The van der Waals surface area contributed by atoms with Crippen molar-refractivity contribution in [2.24, 2.45) is 10.9 Å². The second kappa shape index (κ2) is 6.48. The van der Waals surface area contributed by atoms with E-state index in [1.54, 1.807) is 13.0 Å². The molecule has 0 aromatic heterocycles. The van der Waals surface area contributed by atoms with Crippen molar-refractivity contribution in [3.63, 3.8) is 0 Å². The third kappa shape index (κ3) is 3.66. The zero-order chi connectivity index (χ0) is 17.1. The third-order valence-electron chi connectivity index (χ3n) is 3.50. The minimum Gasteiger partial charge on any atom is -0.290 e. The van der Waals surface area contributed by atoms with Crippen LogP contribution in [0.15, 0.2) is 52.6 Å². The molecule has 1 aliphatic carbocycles. The highest BCUT2D eigenvalue weighted by atomic mass is 16.6. The van der Waals surface area contributed by atoms with E-state index in [0.29, 0.717) is 16.9 Å². The molecule has 0 bridgehead atoms. The quantitative estimate of drug-likeness (QED) is 0.486. The van der Waals surface area contributed by atoms with Crippen molar-refractivity contribution in [3.05, 3.63) is 63.2 Å². The first kappa shape index (κ1) is 16.5. The lowest BCUT2D eigenvalue weighted by molar-refractivity contribution is -0.384. The van der Waals surface area contributed by atoms with Gasteiger partial charge >= 0.3 is 0 Å². The van der Waals surface area contributed by atoms with Crippen molar-refractivity contribution in [3.8, 4) is 0 Å². The molecule has 0 radical (unpaired) electrons. The van der Waals surface area contributed by atoms with E-state index in [9.17, 15) is 19.7 Å². The fraction of sp³-hybridized carbons (Fsp3) is 0.235. The van der Waals surface area contributed by atoms with Crippen LogP contribution in [0.2, 0.25) is 0 Å². The van der Waals surface area contributed by atoms with E-state index in [0.717, 1.165) is 0 Å². The molecule has 0 saturated carbocycles. The number of nitro groups is 1. The Kier molecular flexibility index (Phi) is 4.64. The monoisotopic (exact) mass is 312 g/mol. The number of allylic oxidation sites excluding steroid dienone is 4. The van der Waals surface area contributed by atoms with Crippen molar-refractivity contribution >= 4 is 23.1 Å². The summed E-state index contributed by atoms with van der Waals surface area (Å²) in [6, 6.07) is 5.25. The fourth-order valence-corrected chi connectivity index (χ4v) is 2.16. The zero-order valence-corrected chi connectivity index (χ0v) is 13.1. The Morgan fingerprint density at radius 3 is 2.30 bits per heavy atom. The number of benzene rings is 1. The summed E-state index contributed by atoms with van der Waals surface area (Å²) in [5, 5.41) is 10.6. The number of carbonyl (C=O) groups is 2. The molecule has 1 aliphatic rings. The van der Waals surface area contributed by atoms with Crippen LogP contribution in [0.4, 0.5) is 5.69 Å². The first-order valence-electron chi connectivity index (χ1n) is 7.11. The van der Waals surface area contributed by atoms with Gasteiger partial charge in [0.1, 0.15) is 0 Å². The number of carbonyl (C=O) groups excluding carboxylic acids is 2. The smallest absolute Gasteiger partial charge is 0.277 e. The topological polar surface area (TPSA) is 89.6 Å². The van der Waals surface area contributed by atoms with Crippen LogP contribution in [0.25, 0.3) is 0 Å². The van der Waals surface area contributed by atoms with E-state index in [2.05, 4.69) is 4.99 Å². The van der Waals surface area contributed by atoms with Gasteiger partial charge in [0, 0.05) is 23.3 Å². The van der Waals surface area contributed by atoms with Gasteiger partial charge in [0.15, 0.2) is 5.78 Å². The Bertz CT molecular complexity index is 768. The maximum Gasteiger partial charge on any atom is 0.277 e. The van der Waals surface area contributed by atoms with Crippen LogP contribution in [-0.2, 0) is 4.79 Å². The summed E-state index contributed by atoms with van der Waals surface area (Å²) in [4.78, 5) is 38.2. The molecule has 0 heterocycles. The average molecular weight is 312 g/mol.